The highest BCUT2D eigenvalue weighted by Gasteiger charge is 2.25. The molecule has 0 saturated carbocycles. The summed E-state index contributed by atoms with van der Waals surface area (Å²) in [5.41, 5.74) is 2.19. The highest BCUT2D eigenvalue weighted by molar-refractivity contribution is 7.92. The zero-order valence-electron chi connectivity index (χ0n) is 11.9. The first kappa shape index (κ1) is 15.7. The van der Waals surface area contributed by atoms with Crippen molar-refractivity contribution in [2.24, 2.45) is 0 Å². The van der Waals surface area contributed by atoms with Gasteiger partial charge in [-0.15, -0.1) is 6.58 Å². The molecule has 104 valence electrons. The molecule has 0 aliphatic heterocycles. The van der Waals surface area contributed by atoms with Crippen LogP contribution in [0.25, 0.3) is 0 Å². The van der Waals surface area contributed by atoms with Gasteiger partial charge in [-0.3, -0.25) is 0 Å². The Kier molecular flexibility index (Phi) is 5.55. The minimum absolute atomic E-state index is 0.395. The van der Waals surface area contributed by atoms with Gasteiger partial charge in [0.2, 0.25) is 0 Å². The number of aryl methyl sites for hydroxylation is 1. The fourth-order valence-electron chi connectivity index (χ4n) is 1.82. The molecule has 0 fully saturated rings. The van der Waals surface area contributed by atoms with Crippen LogP contribution in [-0.4, -0.2) is 13.7 Å². The van der Waals surface area contributed by atoms with E-state index in [1.165, 1.54) is 0 Å². The Morgan fingerprint density at radius 1 is 1.21 bits per heavy atom. The first-order valence-corrected chi connectivity index (χ1v) is 7.97. The molecule has 19 heavy (non-hydrogen) atoms. The van der Waals surface area contributed by atoms with Crippen LogP contribution in [0.1, 0.15) is 32.3 Å². The molecule has 0 saturated heterocycles. The topological polar surface area (TPSA) is 34.1 Å². The van der Waals surface area contributed by atoms with E-state index in [1.807, 2.05) is 39.0 Å². The number of allylic oxidation sites excluding steroid dienone is 3. The molecule has 1 aromatic rings. The first-order chi connectivity index (χ1) is 8.87. The van der Waals surface area contributed by atoms with Crippen molar-refractivity contribution < 1.29 is 8.42 Å². The molecule has 0 radical (unpaired) electrons. The summed E-state index contributed by atoms with van der Waals surface area (Å²) >= 11 is 0. The summed E-state index contributed by atoms with van der Waals surface area (Å²) in [4.78, 5) is 0.395. The van der Waals surface area contributed by atoms with Crippen LogP contribution in [0.5, 0.6) is 0 Å². The van der Waals surface area contributed by atoms with Crippen molar-refractivity contribution in [1.82, 2.24) is 0 Å². The van der Waals surface area contributed by atoms with Crippen molar-refractivity contribution in [3.63, 3.8) is 0 Å². The molecule has 2 nitrogen and oxygen atoms in total. The number of hydrogen-bond acceptors (Lipinski definition) is 2. The average Bonchev–Trinajstić information content (AvgIpc) is 2.34. The third-order valence-corrected chi connectivity index (χ3v) is 5.20. The smallest absolute Gasteiger partial charge is 0.181 e. The Morgan fingerprint density at radius 3 is 2.26 bits per heavy atom. The first-order valence-electron chi connectivity index (χ1n) is 6.42. The zero-order valence-corrected chi connectivity index (χ0v) is 12.7. The highest BCUT2D eigenvalue weighted by Crippen LogP contribution is 2.22. The van der Waals surface area contributed by atoms with Crippen LogP contribution in [0.15, 0.2) is 53.5 Å². The van der Waals surface area contributed by atoms with E-state index in [0.29, 0.717) is 17.7 Å². The standard InChI is InChI=1S/C16H22O2S/c1-5-6-15(10-7-13(2)3)19(17,18)16-11-8-14(4)9-12-16/h5,7-9,11-12,15H,1,6,10H2,2-4H3. The summed E-state index contributed by atoms with van der Waals surface area (Å²) in [5.74, 6) is 0. The van der Waals surface area contributed by atoms with Crippen LogP contribution in [0.2, 0.25) is 0 Å². The third kappa shape index (κ3) is 4.35. The fourth-order valence-corrected chi connectivity index (χ4v) is 3.46. The van der Waals surface area contributed by atoms with Crippen molar-refractivity contribution in [1.29, 1.82) is 0 Å². The van der Waals surface area contributed by atoms with Crippen molar-refractivity contribution in [3.8, 4) is 0 Å². The largest absolute Gasteiger partial charge is 0.223 e. The van der Waals surface area contributed by atoms with E-state index in [4.69, 9.17) is 0 Å². The molecule has 1 aromatic carbocycles. The van der Waals surface area contributed by atoms with Gasteiger partial charge in [0.05, 0.1) is 10.1 Å². The Bertz CT molecular complexity index is 547. The minimum atomic E-state index is -3.29. The van der Waals surface area contributed by atoms with Gasteiger partial charge < -0.3 is 0 Å². The fraction of sp³-hybridized carbons (Fsp3) is 0.375. The molecule has 0 spiro atoms. The zero-order chi connectivity index (χ0) is 14.5. The maximum atomic E-state index is 12.6. The second kappa shape index (κ2) is 6.71. The maximum absolute atomic E-state index is 12.6. The maximum Gasteiger partial charge on any atom is 0.181 e. The Morgan fingerprint density at radius 2 is 1.79 bits per heavy atom. The lowest BCUT2D eigenvalue weighted by Crippen LogP contribution is -2.20. The molecule has 0 aliphatic rings. The molecular formula is C16H22O2S. The van der Waals surface area contributed by atoms with Gasteiger partial charge in [0.15, 0.2) is 9.84 Å². The molecule has 1 atom stereocenters. The molecular weight excluding hydrogens is 256 g/mol. The lowest BCUT2D eigenvalue weighted by atomic mass is 10.2. The molecule has 1 rings (SSSR count). The second-order valence-electron chi connectivity index (χ2n) is 5.02. The Hall–Kier alpha value is -1.35. The van der Waals surface area contributed by atoms with E-state index in [-0.39, 0.29) is 0 Å². The molecule has 0 aromatic heterocycles. The second-order valence-corrected chi connectivity index (χ2v) is 7.25. The molecule has 0 N–H and O–H groups in total. The van der Waals surface area contributed by atoms with Crippen LogP contribution in [0.3, 0.4) is 0 Å². The molecule has 0 heterocycles. The van der Waals surface area contributed by atoms with Gasteiger partial charge in [0, 0.05) is 0 Å². The summed E-state index contributed by atoms with van der Waals surface area (Å²) in [7, 11) is -3.29. The summed E-state index contributed by atoms with van der Waals surface area (Å²) < 4.78 is 25.1. The normalized spacial score (nSPS) is 12.8. The predicted molar refractivity (Wildman–Crippen MR) is 81.0 cm³/mol. The molecule has 3 heteroatoms. The van der Waals surface area contributed by atoms with Crippen molar-refractivity contribution in [2.75, 3.05) is 0 Å². The van der Waals surface area contributed by atoms with E-state index in [0.717, 1.165) is 11.1 Å². The van der Waals surface area contributed by atoms with Gasteiger partial charge >= 0.3 is 0 Å². The van der Waals surface area contributed by atoms with E-state index in [1.54, 1.807) is 18.2 Å². The van der Waals surface area contributed by atoms with Gasteiger partial charge in [-0.2, -0.15) is 0 Å². The van der Waals surface area contributed by atoms with Crippen molar-refractivity contribution in [2.45, 2.75) is 43.8 Å². The summed E-state index contributed by atoms with van der Waals surface area (Å²) in [6.45, 7) is 9.56. The van der Waals surface area contributed by atoms with Gasteiger partial charge in [0.1, 0.15) is 0 Å². The lowest BCUT2D eigenvalue weighted by Gasteiger charge is -2.15. The average molecular weight is 278 g/mol. The molecule has 0 bridgehead atoms. The quantitative estimate of drug-likeness (QED) is 0.735. The van der Waals surface area contributed by atoms with Crippen LogP contribution < -0.4 is 0 Å². The monoisotopic (exact) mass is 278 g/mol. The Labute approximate surface area is 116 Å². The van der Waals surface area contributed by atoms with Crippen LogP contribution in [0.4, 0.5) is 0 Å². The number of benzene rings is 1. The SMILES string of the molecule is C=CCC(CC=C(C)C)S(=O)(=O)c1ccc(C)cc1. The summed E-state index contributed by atoms with van der Waals surface area (Å²) in [5, 5.41) is -0.428. The highest BCUT2D eigenvalue weighted by atomic mass is 32.2. The lowest BCUT2D eigenvalue weighted by molar-refractivity contribution is 0.578. The summed E-state index contributed by atoms with van der Waals surface area (Å²) in [6.07, 6.45) is 4.65. The van der Waals surface area contributed by atoms with Gasteiger partial charge in [-0.25, -0.2) is 8.42 Å². The van der Waals surface area contributed by atoms with E-state index >= 15 is 0 Å². The van der Waals surface area contributed by atoms with E-state index in [9.17, 15) is 8.42 Å². The minimum Gasteiger partial charge on any atom is -0.223 e. The Balaban J connectivity index is 3.08. The van der Waals surface area contributed by atoms with Gasteiger partial charge in [-0.1, -0.05) is 35.4 Å². The van der Waals surface area contributed by atoms with Gasteiger partial charge in [0.25, 0.3) is 0 Å². The predicted octanol–water partition coefficient (Wildman–Crippen LogP) is 4.07. The van der Waals surface area contributed by atoms with Crippen LogP contribution in [-0.2, 0) is 9.84 Å². The van der Waals surface area contributed by atoms with E-state index < -0.39 is 15.1 Å². The third-order valence-electron chi connectivity index (χ3n) is 3.01. The molecule has 0 aliphatic carbocycles. The van der Waals surface area contributed by atoms with Crippen molar-refractivity contribution in [3.05, 3.63) is 54.1 Å². The number of rotatable bonds is 6. The van der Waals surface area contributed by atoms with Crippen molar-refractivity contribution >= 4 is 9.84 Å². The number of hydrogen-bond donors (Lipinski definition) is 0. The number of sulfone groups is 1. The summed E-state index contributed by atoms with van der Waals surface area (Å²) in [6, 6.07) is 7.03. The van der Waals surface area contributed by atoms with Gasteiger partial charge in [-0.05, 0) is 45.7 Å². The molecule has 1 unspecified atom stereocenters. The van der Waals surface area contributed by atoms with Crippen LogP contribution in [0, 0.1) is 6.92 Å². The van der Waals surface area contributed by atoms with Crippen LogP contribution >= 0.6 is 0 Å². The molecule has 0 amide bonds. The van der Waals surface area contributed by atoms with E-state index in [2.05, 4.69) is 6.58 Å².